The molecule has 5 aromatic rings. The normalized spacial score (nSPS) is 12.3. The summed E-state index contributed by atoms with van der Waals surface area (Å²) in [5.41, 5.74) is 3.51. The lowest BCUT2D eigenvalue weighted by molar-refractivity contribution is 0.873. The first-order chi connectivity index (χ1) is 12.8. The molecular formula is C20H12N4OS. The number of nitrogens with zero attached hydrogens (tertiary/aromatic N) is 4. The highest BCUT2D eigenvalue weighted by Gasteiger charge is 2.12. The fraction of sp³-hybridized carbons (Fsp3) is 0.0500. The summed E-state index contributed by atoms with van der Waals surface area (Å²) < 4.78 is 4.21. The number of nitriles is 1. The summed E-state index contributed by atoms with van der Waals surface area (Å²) in [4.78, 5) is 18.2. The number of hydrogen-bond acceptors (Lipinski definition) is 4. The van der Waals surface area contributed by atoms with Crippen LogP contribution in [0.5, 0.6) is 0 Å². The number of rotatable bonds is 2. The van der Waals surface area contributed by atoms with Crippen LogP contribution in [0, 0.1) is 11.3 Å². The molecule has 0 bridgehead atoms. The quantitative estimate of drug-likeness (QED) is 0.488. The number of imidazole rings is 1. The Hall–Kier alpha value is -3.43. The molecule has 2 aromatic carbocycles. The molecule has 0 amide bonds. The Morgan fingerprint density at radius 1 is 1.12 bits per heavy atom. The Kier molecular flexibility index (Phi) is 3.17. The van der Waals surface area contributed by atoms with E-state index in [1.54, 1.807) is 4.40 Å². The van der Waals surface area contributed by atoms with E-state index in [0.717, 1.165) is 27.5 Å². The standard InChI is InChI=1S/C20H12N4OS/c21-9-10-23-12-13(14-5-1-3-7-16(14)23)11-18-19(25)24-17-8-4-2-6-15(17)22-20(24)26-18/h1-8,11-12H,10H2. The van der Waals surface area contributed by atoms with Gasteiger partial charge in [-0.1, -0.05) is 41.7 Å². The number of para-hydroxylation sites is 3. The Bertz CT molecular complexity index is 1450. The van der Waals surface area contributed by atoms with Gasteiger partial charge in [-0.25, -0.2) is 9.38 Å². The molecule has 3 heterocycles. The summed E-state index contributed by atoms with van der Waals surface area (Å²) in [5, 5.41) is 10.1. The molecule has 26 heavy (non-hydrogen) atoms. The largest absolute Gasteiger partial charge is 0.333 e. The Balaban J connectivity index is 1.80. The molecule has 3 aromatic heterocycles. The lowest BCUT2D eigenvalue weighted by Crippen LogP contribution is -2.22. The number of fused-ring (bicyclic) bond motifs is 4. The van der Waals surface area contributed by atoms with E-state index in [4.69, 9.17) is 5.26 Å². The maximum atomic E-state index is 12.9. The van der Waals surface area contributed by atoms with Gasteiger partial charge in [0.25, 0.3) is 5.56 Å². The SMILES string of the molecule is N#CCn1cc(C=c2sc3nc4ccccc4n3c2=O)c2ccccc21. The van der Waals surface area contributed by atoms with E-state index in [-0.39, 0.29) is 12.1 Å². The van der Waals surface area contributed by atoms with Crippen molar-refractivity contribution in [3.05, 3.63) is 75.2 Å². The Labute approximate surface area is 151 Å². The topological polar surface area (TPSA) is 63.1 Å². The van der Waals surface area contributed by atoms with Gasteiger partial charge in [0, 0.05) is 22.7 Å². The van der Waals surface area contributed by atoms with Crippen molar-refractivity contribution >= 4 is 44.3 Å². The summed E-state index contributed by atoms with van der Waals surface area (Å²) in [6.07, 6.45) is 3.82. The van der Waals surface area contributed by atoms with Gasteiger partial charge in [-0.15, -0.1) is 0 Å². The first kappa shape index (κ1) is 14.9. The van der Waals surface area contributed by atoms with E-state index in [2.05, 4.69) is 11.1 Å². The van der Waals surface area contributed by atoms with Crippen LogP contribution in [0.4, 0.5) is 0 Å². The molecule has 0 fully saturated rings. The number of hydrogen-bond donors (Lipinski definition) is 0. The molecule has 5 nitrogen and oxygen atoms in total. The van der Waals surface area contributed by atoms with Gasteiger partial charge in [0.15, 0.2) is 4.96 Å². The minimum absolute atomic E-state index is 0.0594. The van der Waals surface area contributed by atoms with Crippen LogP contribution in [-0.2, 0) is 6.54 Å². The molecule has 0 spiro atoms. The average molecular weight is 356 g/mol. The zero-order valence-corrected chi connectivity index (χ0v) is 14.4. The maximum absolute atomic E-state index is 12.9. The fourth-order valence-corrected chi connectivity index (χ4v) is 4.33. The van der Waals surface area contributed by atoms with E-state index in [9.17, 15) is 4.79 Å². The van der Waals surface area contributed by atoms with Crippen LogP contribution in [0.25, 0.3) is 33.0 Å². The van der Waals surface area contributed by atoms with Crippen LogP contribution < -0.4 is 10.1 Å². The second-order valence-electron chi connectivity index (χ2n) is 6.02. The summed E-state index contributed by atoms with van der Waals surface area (Å²) in [6.45, 7) is 0.275. The van der Waals surface area contributed by atoms with Gasteiger partial charge < -0.3 is 4.57 Å². The second-order valence-corrected chi connectivity index (χ2v) is 7.03. The minimum atomic E-state index is -0.0594. The minimum Gasteiger partial charge on any atom is -0.333 e. The van der Waals surface area contributed by atoms with Gasteiger partial charge in [-0.05, 0) is 24.3 Å². The number of thiazole rings is 1. The van der Waals surface area contributed by atoms with Crippen LogP contribution in [0.3, 0.4) is 0 Å². The van der Waals surface area contributed by atoms with E-state index in [1.165, 1.54) is 11.3 Å². The van der Waals surface area contributed by atoms with Crippen molar-refractivity contribution in [3.63, 3.8) is 0 Å². The van der Waals surface area contributed by atoms with Crippen molar-refractivity contribution in [1.29, 1.82) is 5.26 Å². The fourth-order valence-electron chi connectivity index (χ4n) is 3.35. The zero-order chi connectivity index (χ0) is 17.7. The monoisotopic (exact) mass is 356 g/mol. The first-order valence-electron chi connectivity index (χ1n) is 8.13. The highest BCUT2D eigenvalue weighted by molar-refractivity contribution is 7.15. The van der Waals surface area contributed by atoms with Crippen LogP contribution >= 0.6 is 11.3 Å². The molecule has 5 rings (SSSR count). The molecule has 124 valence electrons. The molecule has 0 aliphatic heterocycles. The second kappa shape index (κ2) is 5.55. The van der Waals surface area contributed by atoms with Crippen LogP contribution in [0.2, 0.25) is 0 Å². The van der Waals surface area contributed by atoms with E-state index >= 15 is 0 Å². The molecule has 6 heteroatoms. The maximum Gasteiger partial charge on any atom is 0.274 e. The van der Waals surface area contributed by atoms with Crippen LogP contribution in [0.1, 0.15) is 5.56 Å². The third kappa shape index (κ3) is 2.08. The van der Waals surface area contributed by atoms with Crippen molar-refractivity contribution in [2.75, 3.05) is 0 Å². The summed E-state index contributed by atoms with van der Waals surface area (Å²) >= 11 is 1.39. The number of benzene rings is 2. The van der Waals surface area contributed by atoms with Gasteiger partial charge in [-0.2, -0.15) is 5.26 Å². The van der Waals surface area contributed by atoms with E-state index in [1.807, 2.05) is 65.4 Å². The average Bonchev–Trinajstić information content (AvgIpc) is 3.28. The summed E-state index contributed by atoms with van der Waals surface area (Å²) in [6, 6.07) is 17.7. The highest BCUT2D eigenvalue weighted by Crippen LogP contribution is 2.22. The van der Waals surface area contributed by atoms with Crippen molar-refractivity contribution in [2.24, 2.45) is 0 Å². The first-order valence-corrected chi connectivity index (χ1v) is 8.94. The summed E-state index contributed by atoms with van der Waals surface area (Å²) in [7, 11) is 0. The predicted molar refractivity (Wildman–Crippen MR) is 103 cm³/mol. The van der Waals surface area contributed by atoms with Gasteiger partial charge >= 0.3 is 0 Å². The molecule has 0 saturated carbocycles. The number of aromatic nitrogens is 3. The molecule has 0 saturated heterocycles. The highest BCUT2D eigenvalue weighted by atomic mass is 32.1. The molecule has 0 aliphatic carbocycles. The van der Waals surface area contributed by atoms with Gasteiger partial charge in [0.1, 0.15) is 6.54 Å². The van der Waals surface area contributed by atoms with Crippen molar-refractivity contribution in [3.8, 4) is 6.07 Å². The lowest BCUT2D eigenvalue weighted by atomic mass is 10.2. The third-order valence-electron chi connectivity index (χ3n) is 4.49. The molecule has 0 aliphatic rings. The molecule has 0 N–H and O–H groups in total. The van der Waals surface area contributed by atoms with Gasteiger partial charge in [0.05, 0.1) is 21.6 Å². The van der Waals surface area contributed by atoms with E-state index < -0.39 is 0 Å². The van der Waals surface area contributed by atoms with Crippen LogP contribution in [0.15, 0.2) is 59.5 Å². The van der Waals surface area contributed by atoms with Crippen molar-refractivity contribution < 1.29 is 0 Å². The van der Waals surface area contributed by atoms with Crippen molar-refractivity contribution in [1.82, 2.24) is 14.0 Å². The molecular weight excluding hydrogens is 344 g/mol. The van der Waals surface area contributed by atoms with E-state index in [0.29, 0.717) is 9.49 Å². The van der Waals surface area contributed by atoms with Gasteiger partial charge in [-0.3, -0.25) is 4.79 Å². The predicted octanol–water partition coefficient (Wildman–Crippen LogP) is 2.94. The molecule has 0 atom stereocenters. The zero-order valence-electron chi connectivity index (χ0n) is 13.6. The Morgan fingerprint density at radius 2 is 1.88 bits per heavy atom. The lowest BCUT2D eigenvalue weighted by Gasteiger charge is -1.96. The molecule has 0 unspecified atom stereocenters. The smallest absolute Gasteiger partial charge is 0.274 e. The summed E-state index contributed by atoms with van der Waals surface area (Å²) in [5.74, 6) is 0. The van der Waals surface area contributed by atoms with Crippen LogP contribution in [-0.4, -0.2) is 14.0 Å². The van der Waals surface area contributed by atoms with Gasteiger partial charge in [0.2, 0.25) is 0 Å². The third-order valence-corrected chi connectivity index (χ3v) is 5.46. The molecule has 0 radical (unpaired) electrons. The Morgan fingerprint density at radius 3 is 2.73 bits per heavy atom. The van der Waals surface area contributed by atoms with Crippen molar-refractivity contribution in [2.45, 2.75) is 6.54 Å².